The van der Waals surface area contributed by atoms with Gasteiger partial charge in [-0.3, -0.25) is 4.79 Å². The maximum Gasteiger partial charge on any atom is 0.264 e. The standard InChI is InChI=1S/C20H24N4OS/c1-13(2)24(4)20(25)17-14(3)16-18(22-12-23-19(16)26-17)21-11-10-15-8-6-5-7-9-15/h5-9,12-13H,10-11H2,1-4H3,(H,21,22,23). The highest BCUT2D eigenvalue weighted by molar-refractivity contribution is 7.20. The summed E-state index contributed by atoms with van der Waals surface area (Å²) in [5.41, 5.74) is 2.23. The molecule has 2 aromatic heterocycles. The molecule has 0 unspecified atom stereocenters. The number of thiophene rings is 1. The van der Waals surface area contributed by atoms with E-state index in [0.29, 0.717) is 0 Å². The number of carbonyl (C=O) groups is 1. The summed E-state index contributed by atoms with van der Waals surface area (Å²) in [6.07, 6.45) is 2.47. The van der Waals surface area contributed by atoms with E-state index in [1.54, 1.807) is 11.2 Å². The summed E-state index contributed by atoms with van der Waals surface area (Å²) in [5, 5.41) is 4.36. The van der Waals surface area contributed by atoms with E-state index in [4.69, 9.17) is 0 Å². The molecule has 0 fully saturated rings. The summed E-state index contributed by atoms with van der Waals surface area (Å²) in [7, 11) is 1.83. The molecule has 1 amide bonds. The first-order valence-electron chi connectivity index (χ1n) is 8.78. The number of amides is 1. The molecule has 0 saturated heterocycles. The fourth-order valence-electron chi connectivity index (χ4n) is 2.77. The average molecular weight is 369 g/mol. The van der Waals surface area contributed by atoms with Crippen molar-refractivity contribution in [3.63, 3.8) is 0 Å². The number of nitrogens with zero attached hydrogens (tertiary/aromatic N) is 3. The second kappa shape index (κ2) is 7.83. The Hall–Kier alpha value is -2.47. The van der Waals surface area contributed by atoms with E-state index in [9.17, 15) is 4.79 Å². The molecule has 0 aliphatic carbocycles. The van der Waals surface area contributed by atoms with Crippen LogP contribution in [0, 0.1) is 6.92 Å². The minimum absolute atomic E-state index is 0.0377. The van der Waals surface area contributed by atoms with Crippen LogP contribution < -0.4 is 5.32 Å². The predicted octanol–water partition coefficient (Wildman–Crippen LogP) is 4.13. The number of hydrogen-bond acceptors (Lipinski definition) is 5. The molecule has 0 saturated carbocycles. The van der Waals surface area contributed by atoms with Crippen molar-refractivity contribution in [2.75, 3.05) is 18.9 Å². The van der Waals surface area contributed by atoms with Crippen molar-refractivity contribution in [3.05, 3.63) is 52.7 Å². The quantitative estimate of drug-likeness (QED) is 0.710. The van der Waals surface area contributed by atoms with E-state index in [2.05, 4.69) is 27.4 Å². The summed E-state index contributed by atoms with van der Waals surface area (Å²) in [6.45, 7) is 6.78. The van der Waals surface area contributed by atoms with Gasteiger partial charge in [-0.05, 0) is 38.3 Å². The smallest absolute Gasteiger partial charge is 0.264 e. The van der Waals surface area contributed by atoms with Gasteiger partial charge in [0.2, 0.25) is 0 Å². The van der Waals surface area contributed by atoms with Crippen molar-refractivity contribution in [1.82, 2.24) is 14.9 Å². The number of nitrogens with one attached hydrogen (secondary N) is 1. The van der Waals surface area contributed by atoms with Crippen molar-refractivity contribution in [3.8, 4) is 0 Å². The molecule has 0 aliphatic heterocycles. The summed E-state index contributed by atoms with van der Waals surface area (Å²) < 4.78 is 0. The Labute approximate surface area is 158 Å². The van der Waals surface area contributed by atoms with Crippen LogP contribution >= 0.6 is 11.3 Å². The first-order valence-corrected chi connectivity index (χ1v) is 9.59. The number of anilines is 1. The first kappa shape index (κ1) is 18.3. The van der Waals surface area contributed by atoms with Gasteiger partial charge in [-0.25, -0.2) is 9.97 Å². The fourth-order valence-corrected chi connectivity index (χ4v) is 3.91. The Morgan fingerprint density at radius 1 is 1.23 bits per heavy atom. The van der Waals surface area contributed by atoms with Crippen molar-refractivity contribution >= 4 is 33.3 Å². The van der Waals surface area contributed by atoms with E-state index >= 15 is 0 Å². The Morgan fingerprint density at radius 3 is 2.65 bits per heavy atom. The summed E-state index contributed by atoms with van der Waals surface area (Å²) in [5.74, 6) is 0.835. The maximum absolute atomic E-state index is 12.8. The molecule has 1 aromatic carbocycles. The molecule has 0 aliphatic rings. The second-order valence-corrected chi connectivity index (χ2v) is 7.63. The summed E-state index contributed by atoms with van der Waals surface area (Å²) in [6, 6.07) is 10.5. The molecule has 3 aromatic rings. The van der Waals surface area contributed by atoms with Crippen LogP contribution in [0.2, 0.25) is 0 Å². The highest BCUT2D eigenvalue weighted by Gasteiger charge is 2.22. The Balaban J connectivity index is 1.84. The minimum atomic E-state index is 0.0377. The van der Waals surface area contributed by atoms with Crippen LogP contribution in [-0.4, -0.2) is 40.4 Å². The van der Waals surface area contributed by atoms with Crippen molar-refractivity contribution < 1.29 is 4.79 Å². The molecule has 1 N–H and O–H groups in total. The molecule has 0 atom stereocenters. The van der Waals surface area contributed by atoms with Crippen LogP contribution in [0.15, 0.2) is 36.7 Å². The molecule has 0 spiro atoms. The lowest BCUT2D eigenvalue weighted by Crippen LogP contribution is -2.32. The molecule has 3 rings (SSSR count). The van der Waals surface area contributed by atoms with Crippen LogP contribution in [0.4, 0.5) is 5.82 Å². The highest BCUT2D eigenvalue weighted by atomic mass is 32.1. The van der Waals surface area contributed by atoms with Gasteiger partial charge in [0.1, 0.15) is 17.0 Å². The number of aromatic nitrogens is 2. The van der Waals surface area contributed by atoms with Crippen molar-refractivity contribution in [2.24, 2.45) is 0 Å². The van der Waals surface area contributed by atoms with Crippen LogP contribution in [0.5, 0.6) is 0 Å². The summed E-state index contributed by atoms with van der Waals surface area (Å²) in [4.78, 5) is 24.9. The van der Waals surface area contributed by atoms with E-state index in [-0.39, 0.29) is 11.9 Å². The number of aryl methyl sites for hydroxylation is 1. The van der Waals surface area contributed by atoms with Gasteiger partial charge < -0.3 is 10.2 Å². The maximum atomic E-state index is 12.8. The lowest BCUT2D eigenvalue weighted by Gasteiger charge is -2.20. The molecule has 0 bridgehead atoms. The minimum Gasteiger partial charge on any atom is -0.369 e. The van der Waals surface area contributed by atoms with E-state index < -0.39 is 0 Å². The van der Waals surface area contributed by atoms with E-state index in [0.717, 1.165) is 39.4 Å². The Kier molecular flexibility index (Phi) is 5.52. The van der Waals surface area contributed by atoms with Gasteiger partial charge in [0.25, 0.3) is 5.91 Å². The van der Waals surface area contributed by atoms with Gasteiger partial charge in [0.15, 0.2) is 0 Å². The van der Waals surface area contributed by atoms with Crippen LogP contribution in [-0.2, 0) is 6.42 Å². The molecular weight excluding hydrogens is 344 g/mol. The monoisotopic (exact) mass is 368 g/mol. The number of hydrogen-bond donors (Lipinski definition) is 1. The van der Waals surface area contributed by atoms with Crippen LogP contribution in [0.1, 0.15) is 34.6 Å². The molecule has 2 heterocycles. The predicted molar refractivity (Wildman–Crippen MR) is 108 cm³/mol. The zero-order chi connectivity index (χ0) is 18.7. The molecule has 136 valence electrons. The second-order valence-electron chi connectivity index (χ2n) is 6.63. The SMILES string of the molecule is Cc1c(C(=O)N(C)C(C)C)sc2ncnc(NCCc3ccccc3)c12. The zero-order valence-electron chi connectivity index (χ0n) is 15.6. The normalized spacial score (nSPS) is 11.1. The van der Waals surface area contributed by atoms with Crippen LogP contribution in [0.3, 0.4) is 0 Å². The van der Waals surface area contributed by atoms with Gasteiger partial charge in [0.05, 0.1) is 10.3 Å². The third-order valence-corrected chi connectivity index (χ3v) is 5.75. The topological polar surface area (TPSA) is 58.1 Å². The third kappa shape index (κ3) is 3.70. The Bertz CT molecular complexity index is 905. The van der Waals surface area contributed by atoms with Gasteiger partial charge in [-0.1, -0.05) is 30.3 Å². The van der Waals surface area contributed by atoms with Gasteiger partial charge in [0, 0.05) is 19.6 Å². The Morgan fingerprint density at radius 2 is 1.96 bits per heavy atom. The number of rotatable bonds is 6. The van der Waals surface area contributed by atoms with Gasteiger partial charge in [-0.2, -0.15) is 0 Å². The van der Waals surface area contributed by atoms with Gasteiger partial charge in [-0.15, -0.1) is 11.3 Å². The average Bonchev–Trinajstić information content (AvgIpc) is 2.99. The van der Waals surface area contributed by atoms with Crippen molar-refractivity contribution in [1.29, 1.82) is 0 Å². The molecular formula is C20H24N4OS. The lowest BCUT2D eigenvalue weighted by molar-refractivity contribution is 0.0759. The van der Waals surface area contributed by atoms with Crippen molar-refractivity contribution in [2.45, 2.75) is 33.2 Å². The zero-order valence-corrected chi connectivity index (χ0v) is 16.4. The van der Waals surface area contributed by atoms with Gasteiger partial charge >= 0.3 is 0 Å². The molecule has 0 radical (unpaired) electrons. The first-order chi connectivity index (χ1) is 12.5. The lowest BCUT2D eigenvalue weighted by atomic mass is 10.1. The number of benzene rings is 1. The highest BCUT2D eigenvalue weighted by Crippen LogP contribution is 2.34. The molecule has 6 heteroatoms. The van der Waals surface area contributed by atoms with E-state index in [1.807, 2.05) is 46.0 Å². The fraction of sp³-hybridized carbons (Fsp3) is 0.350. The van der Waals surface area contributed by atoms with Crippen LogP contribution in [0.25, 0.3) is 10.2 Å². The number of carbonyl (C=O) groups excluding carboxylic acids is 1. The largest absolute Gasteiger partial charge is 0.369 e. The molecule has 5 nitrogen and oxygen atoms in total. The molecule has 26 heavy (non-hydrogen) atoms. The summed E-state index contributed by atoms with van der Waals surface area (Å²) >= 11 is 1.44. The number of fused-ring (bicyclic) bond motifs is 1. The third-order valence-electron chi connectivity index (χ3n) is 4.56. The van der Waals surface area contributed by atoms with E-state index in [1.165, 1.54) is 16.9 Å².